The first-order chi connectivity index (χ1) is 7.26. The van der Waals surface area contributed by atoms with Crippen LogP contribution in [0.1, 0.15) is 34.1 Å². The zero-order chi connectivity index (χ0) is 12.4. The zero-order valence-electron chi connectivity index (χ0n) is 10.4. The van der Waals surface area contributed by atoms with Gasteiger partial charge in [0.15, 0.2) is 5.78 Å². The van der Waals surface area contributed by atoms with Gasteiger partial charge in [-0.2, -0.15) is 0 Å². The molecule has 0 saturated carbocycles. The topological polar surface area (TPSA) is 34.1 Å². The van der Waals surface area contributed by atoms with Gasteiger partial charge >= 0.3 is 0 Å². The standard InChI is InChI=1S/C13H20O2S/c1-12(2,3)16(15)10-11(14)13(4)8-6-5-7-9-13/h6-9H,5,10H2,1-4H3. The molecule has 0 aromatic heterocycles. The lowest BCUT2D eigenvalue weighted by Gasteiger charge is -2.25. The normalized spacial score (nSPS) is 20.8. The van der Waals surface area contributed by atoms with Crippen LogP contribution < -0.4 is 0 Å². The van der Waals surface area contributed by atoms with Gasteiger partial charge in [0.1, 0.15) is 0 Å². The van der Waals surface area contributed by atoms with Crippen LogP contribution in [0.15, 0.2) is 24.3 Å². The van der Waals surface area contributed by atoms with Crippen molar-refractivity contribution in [1.82, 2.24) is 0 Å². The molecule has 0 fully saturated rings. The molecule has 1 aliphatic rings. The van der Waals surface area contributed by atoms with Crippen LogP contribution in [-0.4, -0.2) is 20.5 Å². The highest BCUT2D eigenvalue weighted by Gasteiger charge is 2.32. The Morgan fingerprint density at radius 2 is 1.81 bits per heavy atom. The van der Waals surface area contributed by atoms with E-state index in [1.807, 2.05) is 52.0 Å². The summed E-state index contributed by atoms with van der Waals surface area (Å²) in [5.74, 6) is 0.169. The highest BCUT2D eigenvalue weighted by atomic mass is 32.2. The van der Waals surface area contributed by atoms with E-state index >= 15 is 0 Å². The molecule has 0 aliphatic heterocycles. The van der Waals surface area contributed by atoms with Crippen LogP contribution in [0.2, 0.25) is 0 Å². The third-order valence-electron chi connectivity index (χ3n) is 2.75. The lowest BCUT2D eigenvalue weighted by Crippen LogP contribution is -2.34. The first-order valence-corrected chi connectivity index (χ1v) is 6.85. The summed E-state index contributed by atoms with van der Waals surface area (Å²) in [4.78, 5) is 12.1. The average Bonchev–Trinajstić information content (AvgIpc) is 2.17. The number of allylic oxidation sites excluding steroid dienone is 4. The van der Waals surface area contributed by atoms with E-state index in [0.29, 0.717) is 0 Å². The Hall–Kier alpha value is -0.700. The largest absolute Gasteiger partial charge is 0.297 e. The summed E-state index contributed by atoms with van der Waals surface area (Å²) in [7, 11) is -1.11. The van der Waals surface area contributed by atoms with Crippen LogP contribution in [-0.2, 0) is 15.6 Å². The molecule has 0 spiro atoms. The molecule has 1 atom stereocenters. The van der Waals surface area contributed by atoms with E-state index < -0.39 is 16.2 Å². The van der Waals surface area contributed by atoms with Gasteiger partial charge in [-0.3, -0.25) is 9.00 Å². The van der Waals surface area contributed by atoms with Crippen molar-refractivity contribution < 1.29 is 9.00 Å². The number of carbonyl (C=O) groups excluding carboxylic acids is 1. The minimum atomic E-state index is -1.11. The lowest BCUT2D eigenvalue weighted by atomic mass is 9.83. The van der Waals surface area contributed by atoms with Crippen LogP contribution in [0.3, 0.4) is 0 Å². The van der Waals surface area contributed by atoms with Gasteiger partial charge in [-0.25, -0.2) is 0 Å². The molecule has 2 nitrogen and oxygen atoms in total. The predicted molar refractivity (Wildman–Crippen MR) is 68.8 cm³/mol. The molecule has 0 N–H and O–H groups in total. The predicted octanol–water partition coefficient (Wildman–Crippen LogP) is 2.63. The fourth-order valence-electron chi connectivity index (χ4n) is 1.44. The number of ketones is 1. The van der Waals surface area contributed by atoms with Crippen LogP contribution in [0, 0.1) is 5.41 Å². The number of Topliss-reactive ketones (excluding diaryl/α,β-unsaturated/α-hetero) is 1. The van der Waals surface area contributed by atoms with E-state index in [2.05, 4.69) is 0 Å². The number of rotatable bonds is 3. The van der Waals surface area contributed by atoms with E-state index in [0.717, 1.165) is 6.42 Å². The van der Waals surface area contributed by atoms with Crippen molar-refractivity contribution in [3.8, 4) is 0 Å². The van der Waals surface area contributed by atoms with Gasteiger partial charge in [-0.15, -0.1) is 0 Å². The fraction of sp³-hybridized carbons (Fsp3) is 0.615. The van der Waals surface area contributed by atoms with Gasteiger partial charge in [-0.05, 0) is 34.1 Å². The monoisotopic (exact) mass is 240 g/mol. The number of hydrogen-bond donors (Lipinski definition) is 0. The Balaban J connectivity index is 2.73. The van der Waals surface area contributed by atoms with Gasteiger partial charge in [0, 0.05) is 15.5 Å². The fourth-order valence-corrected chi connectivity index (χ4v) is 2.42. The van der Waals surface area contributed by atoms with Crippen molar-refractivity contribution in [2.24, 2.45) is 5.41 Å². The van der Waals surface area contributed by atoms with E-state index in [1.165, 1.54) is 0 Å². The van der Waals surface area contributed by atoms with Gasteiger partial charge in [0.05, 0.1) is 11.2 Å². The molecule has 0 saturated heterocycles. The van der Waals surface area contributed by atoms with Gasteiger partial charge in [-0.1, -0.05) is 24.3 Å². The molecule has 90 valence electrons. The Morgan fingerprint density at radius 1 is 1.31 bits per heavy atom. The smallest absolute Gasteiger partial charge is 0.158 e. The first-order valence-electron chi connectivity index (χ1n) is 5.53. The first kappa shape index (κ1) is 13.4. The van der Waals surface area contributed by atoms with E-state index in [-0.39, 0.29) is 16.3 Å². The van der Waals surface area contributed by atoms with E-state index in [9.17, 15) is 9.00 Å². The van der Waals surface area contributed by atoms with Crippen molar-refractivity contribution in [3.05, 3.63) is 24.3 Å². The maximum Gasteiger partial charge on any atom is 0.158 e. The van der Waals surface area contributed by atoms with Crippen LogP contribution >= 0.6 is 0 Å². The summed E-state index contributed by atoms with van der Waals surface area (Å²) in [6, 6.07) is 0. The van der Waals surface area contributed by atoms with Crippen LogP contribution in [0.25, 0.3) is 0 Å². The Kier molecular flexibility index (Phi) is 3.89. The average molecular weight is 240 g/mol. The summed E-state index contributed by atoms with van der Waals surface area (Å²) in [5, 5.41) is 0. The van der Waals surface area contributed by atoms with Crippen molar-refractivity contribution in [3.63, 3.8) is 0 Å². The third-order valence-corrected chi connectivity index (χ3v) is 4.64. The molecular formula is C13H20O2S. The zero-order valence-corrected chi connectivity index (χ0v) is 11.3. The molecular weight excluding hydrogens is 220 g/mol. The number of hydrogen-bond acceptors (Lipinski definition) is 2. The van der Waals surface area contributed by atoms with Crippen molar-refractivity contribution >= 4 is 16.6 Å². The van der Waals surface area contributed by atoms with E-state index in [4.69, 9.17) is 0 Å². The highest BCUT2D eigenvalue weighted by molar-refractivity contribution is 7.87. The number of carbonyl (C=O) groups is 1. The van der Waals surface area contributed by atoms with Crippen molar-refractivity contribution in [2.45, 2.75) is 38.9 Å². The van der Waals surface area contributed by atoms with Gasteiger partial charge < -0.3 is 0 Å². The lowest BCUT2D eigenvalue weighted by molar-refractivity contribution is -0.121. The van der Waals surface area contributed by atoms with Crippen LogP contribution in [0.4, 0.5) is 0 Å². The quantitative estimate of drug-likeness (QED) is 0.711. The highest BCUT2D eigenvalue weighted by Crippen LogP contribution is 2.27. The van der Waals surface area contributed by atoms with Crippen LogP contribution in [0.5, 0.6) is 0 Å². The molecule has 1 unspecified atom stereocenters. The molecule has 16 heavy (non-hydrogen) atoms. The summed E-state index contributed by atoms with van der Waals surface area (Å²) < 4.78 is 11.6. The Labute approximate surface area is 100 Å². The second kappa shape index (κ2) is 4.66. The maximum absolute atomic E-state index is 12.1. The van der Waals surface area contributed by atoms with Crippen molar-refractivity contribution in [2.75, 3.05) is 5.75 Å². The second-order valence-corrected chi connectivity index (χ2v) is 7.55. The third kappa shape index (κ3) is 3.14. The second-order valence-electron chi connectivity index (χ2n) is 5.35. The molecule has 0 aromatic carbocycles. The Bertz CT molecular complexity index is 347. The molecule has 0 amide bonds. The Morgan fingerprint density at radius 3 is 2.25 bits per heavy atom. The SMILES string of the molecule is CC1(C(=O)CS(=O)C(C)(C)C)C=CCC=C1. The maximum atomic E-state index is 12.1. The minimum absolute atomic E-state index is 0.0351. The van der Waals surface area contributed by atoms with Crippen molar-refractivity contribution in [1.29, 1.82) is 0 Å². The summed E-state index contributed by atoms with van der Waals surface area (Å²) in [6.45, 7) is 7.56. The minimum Gasteiger partial charge on any atom is -0.297 e. The van der Waals surface area contributed by atoms with Gasteiger partial charge in [0.2, 0.25) is 0 Å². The van der Waals surface area contributed by atoms with E-state index in [1.54, 1.807) is 0 Å². The molecule has 0 radical (unpaired) electrons. The summed E-state index contributed by atoms with van der Waals surface area (Å²) in [6.07, 6.45) is 8.67. The molecule has 3 heteroatoms. The molecule has 1 rings (SSSR count). The molecule has 1 aliphatic carbocycles. The molecule has 0 aromatic rings. The molecule has 0 bridgehead atoms. The van der Waals surface area contributed by atoms with Gasteiger partial charge in [0.25, 0.3) is 0 Å². The molecule has 0 heterocycles. The summed E-state index contributed by atoms with van der Waals surface area (Å²) >= 11 is 0. The summed E-state index contributed by atoms with van der Waals surface area (Å²) in [5.41, 5.74) is -0.556.